The molecule has 1 saturated heterocycles. The fourth-order valence-corrected chi connectivity index (χ4v) is 5.11. The predicted octanol–water partition coefficient (Wildman–Crippen LogP) is -0.285. The molecular formula is C21H21B3O9S3. The third-order valence-electron chi connectivity index (χ3n) is 5.27. The van der Waals surface area contributed by atoms with Gasteiger partial charge in [0.15, 0.2) is 19.7 Å². The Morgan fingerprint density at radius 3 is 1.19 bits per heavy atom. The van der Waals surface area contributed by atoms with Crippen LogP contribution in [0.25, 0.3) is 0 Å². The van der Waals surface area contributed by atoms with Gasteiger partial charge in [-0.05, 0) is 52.8 Å². The molecule has 3 aromatic carbocycles. The minimum absolute atomic E-state index is 0.159. The third-order valence-corrected chi connectivity index (χ3v) is 7.95. The molecule has 4 rings (SSSR count). The fourth-order valence-electron chi connectivity index (χ4n) is 3.46. The highest BCUT2D eigenvalue weighted by atomic mass is 32.2. The Morgan fingerprint density at radius 1 is 0.611 bits per heavy atom. The van der Waals surface area contributed by atoms with Crippen LogP contribution in [-0.4, -0.2) is 61.2 Å². The van der Waals surface area contributed by atoms with E-state index in [-0.39, 0.29) is 9.79 Å². The van der Waals surface area contributed by atoms with E-state index in [2.05, 4.69) is 0 Å². The van der Waals surface area contributed by atoms with E-state index in [0.717, 1.165) is 12.5 Å². The minimum Gasteiger partial charge on any atom is -0.445 e. The van der Waals surface area contributed by atoms with Crippen LogP contribution in [0.2, 0.25) is 0 Å². The average Bonchev–Trinajstić information content (AvgIpc) is 2.83. The molecule has 1 aliphatic rings. The summed E-state index contributed by atoms with van der Waals surface area (Å²) in [6, 6.07) is 18.9. The van der Waals surface area contributed by atoms with Crippen molar-refractivity contribution in [1.29, 1.82) is 0 Å². The first kappa shape index (κ1) is 26.6. The van der Waals surface area contributed by atoms with E-state index in [0.29, 0.717) is 22.1 Å². The van der Waals surface area contributed by atoms with Crippen molar-refractivity contribution in [3.05, 3.63) is 72.8 Å². The van der Waals surface area contributed by atoms with Crippen molar-refractivity contribution in [3.8, 4) is 5.75 Å². The van der Waals surface area contributed by atoms with Gasteiger partial charge in [0.1, 0.15) is 5.75 Å². The molecule has 1 heterocycles. The monoisotopic (exact) mass is 546 g/mol. The summed E-state index contributed by atoms with van der Waals surface area (Å²) in [5, 5.41) is 0. The zero-order chi connectivity index (χ0) is 26.1. The molecule has 1 fully saturated rings. The summed E-state index contributed by atoms with van der Waals surface area (Å²) >= 11 is -1.47. The lowest BCUT2D eigenvalue weighted by atomic mass is 9.61. The number of benzene rings is 3. The summed E-state index contributed by atoms with van der Waals surface area (Å²) in [7, 11) is -9.48. The van der Waals surface area contributed by atoms with Crippen molar-refractivity contribution in [2.75, 3.05) is 18.8 Å². The summed E-state index contributed by atoms with van der Waals surface area (Å²) in [5.74, 6) is 0.410. The molecule has 0 saturated carbocycles. The molecule has 0 aromatic heterocycles. The number of sulfone groups is 2. The van der Waals surface area contributed by atoms with Crippen LogP contribution < -0.4 is 20.6 Å². The molecule has 0 radical (unpaired) electrons. The summed E-state index contributed by atoms with van der Waals surface area (Å²) in [5.41, 5.74) is 1.76. The van der Waals surface area contributed by atoms with Gasteiger partial charge in [-0.15, -0.1) is 0 Å². The van der Waals surface area contributed by atoms with Crippen LogP contribution in [-0.2, 0) is 44.5 Å². The molecule has 1 atom stereocenters. The molecule has 1 unspecified atom stereocenters. The van der Waals surface area contributed by atoms with E-state index in [4.69, 9.17) is 17.9 Å². The molecule has 15 heteroatoms. The highest BCUT2D eigenvalue weighted by Gasteiger charge is 2.43. The van der Waals surface area contributed by atoms with E-state index in [1.54, 1.807) is 48.5 Å². The number of hydrogen-bond donors (Lipinski definition) is 0. The molecule has 9 nitrogen and oxygen atoms in total. The van der Waals surface area contributed by atoms with E-state index in [9.17, 15) is 21.0 Å². The van der Waals surface area contributed by atoms with Gasteiger partial charge in [0.05, 0.1) is 9.79 Å². The molecule has 0 amide bonds. The van der Waals surface area contributed by atoms with Gasteiger partial charge in [-0.2, -0.15) is 0 Å². The van der Waals surface area contributed by atoms with Crippen LogP contribution in [0.1, 0.15) is 0 Å². The van der Waals surface area contributed by atoms with Gasteiger partial charge in [0.2, 0.25) is 11.1 Å². The Hall–Kier alpha value is -2.42. The molecule has 36 heavy (non-hydrogen) atoms. The zero-order valence-corrected chi connectivity index (χ0v) is 22.0. The van der Waals surface area contributed by atoms with Crippen LogP contribution in [0.3, 0.4) is 0 Å². The number of hydrogen-bond acceptors (Lipinski definition) is 9. The summed E-state index contributed by atoms with van der Waals surface area (Å²) in [6.07, 6.45) is 3.66. The second-order valence-corrected chi connectivity index (χ2v) is 13.1. The number of rotatable bonds is 7. The highest BCUT2D eigenvalue weighted by Crippen LogP contribution is 2.15. The Bertz CT molecular complexity index is 1380. The van der Waals surface area contributed by atoms with Crippen molar-refractivity contribution >= 4 is 68.5 Å². The summed E-state index contributed by atoms with van der Waals surface area (Å²) in [4.78, 5) is 0.318. The van der Waals surface area contributed by atoms with Crippen LogP contribution >= 0.6 is 0 Å². The van der Waals surface area contributed by atoms with Gasteiger partial charge in [-0.3, -0.25) is 0 Å². The highest BCUT2D eigenvalue weighted by molar-refractivity contribution is 7.91. The fraction of sp³-hybridized carbons (Fsp3) is 0.143. The van der Waals surface area contributed by atoms with Gasteiger partial charge in [0, 0.05) is 18.8 Å². The van der Waals surface area contributed by atoms with Crippen molar-refractivity contribution in [1.82, 2.24) is 0 Å². The van der Waals surface area contributed by atoms with Crippen LogP contribution in [0.15, 0.2) is 82.6 Å². The predicted molar refractivity (Wildman–Crippen MR) is 140 cm³/mol. The second-order valence-electron chi connectivity index (χ2n) is 8.14. The van der Waals surface area contributed by atoms with Gasteiger partial charge in [-0.25, -0.2) is 21.0 Å². The van der Waals surface area contributed by atoms with E-state index in [1.165, 1.54) is 30.5 Å². The standard InChI is InChI=1S/C21H21B3O9S3/c1-34(25)30-19-10-4-16(5-11-19)22-31-23(17-6-12-20(13-7-17)35(2,26)27)33-24(32-22)18-8-14-21(15-9-18)36(3,28)29/h4-15H,1-3H3. The van der Waals surface area contributed by atoms with E-state index in [1.807, 2.05) is 0 Å². The topological polar surface area (TPSA) is 122 Å². The molecule has 1 aliphatic heterocycles. The first-order chi connectivity index (χ1) is 16.9. The van der Waals surface area contributed by atoms with Crippen LogP contribution in [0.4, 0.5) is 0 Å². The van der Waals surface area contributed by atoms with Crippen molar-refractivity contribution in [2.24, 2.45) is 0 Å². The van der Waals surface area contributed by atoms with E-state index >= 15 is 0 Å². The Balaban J connectivity index is 1.66. The lowest BCUT2D eigenvalue weighted by Crippen LogP contribution is -2.61. The Labute approximate surface area is 214 Å². The maximum Gasteiger partial charge on any atom is 0.467 e. The van der Waals surface area contributed by atoms with Gasteiger partial charge >= 0.3 is 21.4 Å². The summed E-state index contributed by atoms with van der Waals surface area (Å²) < 4.78 is 81.9. The lowest BCUT2D eigenvalue weighted by Gasteiger charge is -2.31. The van der Waals surface area contributed by atoms with Gasteiger partial charge in [-0.1, -0.05) is 36.4 Å². The quantitative estimate of drug-likeness (QED) is 0.369. The molecule has 0 aliphatic carbocycles. The Morgan fingerprint density at radius 2 is 0.917 bits per heavy atom. The maximum absolute atomic E-state index is 11.8. The SMILES string of the molecule is CS(=O)Oc1ccc(B2OB(c3ccc(S(C)(=O)=O)cc3)OB(c3ccc(S(C)(=O)=O)cc3)O2)cc1. The molecule has 3 aromatic rings. The smallest absolute Gasteiger partial charge is 0.445 e. The van der Waals surface area contributed by atoms with Gasteiger partial charge in [0.25, 0.3) is 0 Å². The second kappa shape index (κ2) is 10.5. The molecule has 0 N–H and O–H groups in total. The lowest BCUT2D eigenvalue weighted by molar-refractivity contribution is 0.308. The van der Waals surface area contributed by atoms with Crippen molar-refractivity contribution < 1.29 is 38.9 Å². The molecule has 186 valence electrons. The van der Waals surface area contributed by atoms with Crippen LogP contribution in [0.5, 0.6) is 5.75 Å². The van der Waals surface area contributed by atoms with Crippen LogP contribution in [0, 0.1) is 0 Å². The zero-order valence-electron chi connectivity index (χ0n) is 19.6. The maximum atomic E-state index is 11.8. The first-order valence-electron chi connectivity index (χ1n) is 10.6. The molecule has 0 spiro atoms. The normalized spacial score (nSPS) is 15.6. The third kappa shape index (κ3) is 6.47. The largest absolute Gasteiger partial charge is 0.467 e. The van der Waals surface area contributed by atoms with Crippen molar-refractivity contribution in [3.63, 3.8) is 0 Å². The Kier molecular flexibility index (Phi) is 7.79. The average molecular weight is 546 g/mol. The minimum atomic E-state index is -3.38. The first-order valence-corrected chi connectivity index (χ1v) is 15.8. The van der Waals surface area contributed by atoms with Gasteiger partial charge < -0.3 is 17.9 Å². The molecule has 0 bridgehead atoms. The van der Waals surface area contributed by atoms with E-state index < -0.39 is 52.1 Å². The van der Waals surface area contributed by atoms with Crippen molar-refractivity contribution in [2.45, 2.75) is 9.79 Å². The summed E-state index contributed by atoms with van der Waals surface area (Å²) in [6.45, 7) is 0. The molecular weight excluding hydrogens is 525 g/mol.